The van der Waals surface area contributed by atoms with Crippen molar-refractivity contribution in [2.24, 2.45) is 5.92 Å². The fourth-order valence-electron chi connectivity index (χ4n) is 2.91. The lowest BCUT2D eigenvalue weighted by Gasteiger charge is -2.33. The van der Waals surface area contributed by atoms with Gasteiger partial charge in [0.1, 0.15) is 0 Å². The molecule has 19 heavy (non-hydrogen) atoms. The predicted molar refractivity (Wildman–Crippen MR) is 75.2 cm³/mol. The number of benzene rings is 1. The van der Waals surface area contributed by atoms with Crippen molar-refractivity contribution >= 4 is 23.0 Å². The average molecular weight is 261 g/mol. The second-order valence-corrected chi connectivity index (χ2v) is 5.41. The number of nitrogens with two attached hydrogens (primary N) is 1. The van der Waals surface area contributed by atoms with E-state index in [-0.39, 0.29) is 12.5 Å². The molecular formula is C14H19N3O2. The van der Waals surface area contributed by atoms with Gasteiger partial charge in [-0.05, 0) is 36.5 Å². The van der Waals surface area contributed by atoms with E-state index in [4.69, 9.17) is 10.8 Å². The smallest absolute Gasteiger partial charge is 0.228 e. The first-order chi connectivity index (χ1) is 9.17. The Kier molecular flexibility index (Phi) is 3.06. The summed E-state index contributed by atoms with van der Waals surface area (Å²) in [5.74, 6) is 0.442. The molecule has 102 valence electrons. The lowest BCUT2D eigenvalue weighted by atomic mass is 9.97. The number of hydrogen-bond acceptors (Lipinski definition) is 4. The van der Waals surface area contributed by atoms with Crippen LogP contribution in [0.5, 0.6) is 0 Å². The molecule has 2 aliphatic rings. The van der Waals surface area contributed by atoms with Crippen LogP contribution < -0.4 is 16.0 Å². The molecule has 5 nitrogen and oxygen atoms in total. The topological polar surface area (TPSA) is 78.6 Å². The Morgan fingerprint density at radius 2 is 2.11 bits per heavy atom. The Balaban J connectivity index is 1.82. The summed E-state index contributed by atoms with van der Waals surface area (Å²) >= 11 is 0. The molecule has 0 saturated carbocycles. The summed E-state index contributed by atoms with van der Waals surface area (Å²) in [6.07, 6.45) is 2.39. The van der Waals surface area contributed by atoms with Crippen molar-refractivity contribution in [1.82, 2.24) is 0 Å². The molecule has 0 aromatic heterocycles. The van der Waals surface area contributed by atoms with E-state index in [1.165, 1.54) is 0 Å². The first-order valence-electron chi connectivity index (χ1n) is 6.75. The maximum atomic E-state index is 11.4. The maximum Gasteiger partial charge on any atom is 0.228 e. The number of nitrogen functional groups attached to an aromatic ring is 1. The number of anilines is 3. The zero-order chi connectivity index (χ0) is 13.4. The minimum Gasteiger partial charge on any atom is -0.397 e. The molecule has 0 radical (unpaired) electrons. The van der Waals surface area contributed by atoms with Crippen molar-refractivity contribution in [1.29, 1.82) is 0 Å². The van der Waals surface area contributed by atoms with Crippen LogP contribution in [0.25, 0.3) is 0 Å². The van der Waals surface area contributed by atoms with Crippen LogP contribution >= 0.6 is 0 Å². The predicted octanol–water partition coefficient (Wildman–Crippen LogP) is 0.972. The molecule has 3 rings (SSSR count). The molecule has 0 spiro atoms. The Morgan fingerprint density at radius 1 is 1.37 bits per heavy atom. The Labute approximate surface area is 112 Å². The molecule has 0 aliphatic carbocycles. The summed E-state index contributed by atoms with van der Waals surface area (Å²) in [5, 5.41) is 12.0. The molecular weight excluding hydrogens is 242 g/mol. The van der Waals surface area contributed by atoms with Gasteiger partial charge in [0.2, 0.25) is 5.91 Å². The number of nitrogens with one attached hydrogen (secondary N) is 1. The Morgan fingerprint density at radius 3 is 2.79 bits per heavy atom. The van der Waals surface area contributed by atoms with Crippen LogP contribution in [0.4, 0.5) is 17.1 Å². The highest BCUT2D eigenvalue weighted by Gasteiger charge is 2.24. The van der Waals surface area contributed by atoms with Crippen LogP contribution in [0.1, 0.15) is 18.4 Å². The number of aliphatic hydroxyl groups is 1. The van der Waals surface area contributed by atoms with Crippen LogP contribution in [-0.2, 0) is 11.2 Å². The Hall–Kier alpha value is -1.75. The SMILES string of the molecule is Nc1cc2c(cc1N1CCC(CO)CC1)NC(=O)C2. The van der Waals surface area contributed by atoms with Crippen molar-refractivity contribution in [3.63, 3.8) is 0 Å². The third kappa shape index (κ3) is 2.26. The maximum absolute atomic E-state index is 11.4. The number of aliphatic hydroxyl groups excluding tert-OH is 1. The molecule has 1 amide bonds. The fourth-order valence-corrected chi connectivity index (χ4v) is 2.91. The molecule has 1 aromatic rings. The highest BCUT2D eigenvalue weighted by atomic mass is 16.3. The number of nitrogens with zero attached hydrogens (tertiary/aromatic N) is 1. The molecule has 1 aromatic carbocycles. The third-order valence-electron chi connectivity index (χ3n) is 4.09. The molecule has 2 aliphatic heterocycles. The van der Waals surface area contributed by atoms with E-state index in [1.807, 2.05) is 12.1 Å². The number of rotatable bonds is 2. The molecule has 0 bridgehead atoms. The highest BCUT2D eigenvalue weighted by molar-refractivity contribution is 6.00. The van der Waals surface area contributed by atoms with Crippen LogP contribution in [0.3, 0.4) is 0 Å². The van der Waals surface area contributed by atoms with Gasteiger partial charge in [0.25, 0.3) is 0 Å². The van der Waals surface area contributed by atoms with E-state index in [2.05, 4.69) is 10.2 Å². The normalized spacial score (nSPS) is 19.4. The van der Waals surface area contributed by atoms with Crippen LogP contribution in [0.2, 0.25) is 0 Å². The largest absolute Gasteiger partial charge is 0.397 e. The molecule has 2 heterocycles. The van der Waals surface area contributed by atoms with Crippen LogP contribution in [0, 0.1) is 5.92 Å². The van der Waals surface area contributed by atoms with Crippen molar-refractivity contribution in [3.05, 3.63) is 17.7 Å². The molecule has 1 saturated heterocycles. The van der Waals surface area contributed by atoms with E-state index in [0.29, 0.717) is 12.3 Å². The van der Waals surface area contributed by atoms with Gasteiger partial charge in [0.15, 0.2) is 0 Å². The number of piperidine rings is 1. The average Bonchev–Trinajstić information content (AvgIpc) is 2.77. The fraction of sp³-hybridized carbons (Fsp3) is 0.500. The van der Waals surface area contributed by atoms with Gasteiger partial charge < -0.3 is 21.1 Å². The number of hydrogen-bond donors (Lipinski definition) is 3. The third-order valence-corrected chi connectivity index (χ3v) is 4.09. The van der Waals surface area contributed by atoms with Gasteiger partial charge in [0.05, 0.1) is 17.8 Å². The number of amides is 1. The molecule has 4 N–H and O–H groups in total. The quantitative estimate of drug-likeness (QED) is 0.693. The first kappa shape index (κ1) is 12.3. The molecule has 5 heteroatoms. The van der Waals surface area contributed by atoms with Crippen molar-refractivity contribution < 1.29 is 9.90 Å². The number of carbonyl (C=O) groups excluding carboxylic acids is 1. The summed E-state index contributed by atoms with van der Waals surface area (Å²) in [4.78, 5) is 13.6. The van der Waals surface area contributed by atoms with E-state index < -0.39 is 0 Å². The zero-order valence-electron chi connectivity index (χ0n) is 10.9. The van der Waals surface area contributed by atoms with Gasteiger partial charge in [-0.3, -0.25) is 4.79 Å². The van der Waals surface area contributed by atoms with Crippen molar-refractivity contribution in [2.75, 3.05) is 35.6 Å². The highest BCUT2D eigenvalue weighted by Crippen LogP contribution is 2.35. The van der Waals surface area contributed by atoms with Gasteiger partial charge in [-0.1, -0.05) is 0 Å². The van der Waals surface area contributed by atoms with E-state index in [1.54, 1.807) is 0 Å². The summed E-state index contributed by atoms with van der Waals surface area (Å²) in [6, 6.07) is 3.88. The lowest BCUT2D eigenvalue weighted by molar-refractivity contribution is -0.115. The summed E-state index contributed by atoms with van der Waals surface area (Å²) in [6.45, 7) is 2.08. The zero-order valence-corrected chi connectivity index (χ0v) is 10.9. The standard InChI is InChI=1S/C14H19N3O2/c15-11-5-10-6-14(19)16-12(10)7-13(11)17-3-1-9(8-18)2-4-17/h5,7,9,18H,1-4,6,8,15H2,(H,16,19). The van der Waals surface area contributed by atoms with Crippen LogP contribution in [-0.4, -0.2) is 30.7 Å². The summed E-state index contributed by atoms with van der Waals surface area (Å²) in [5.41, 5.74) is 9.71. The number of carbonyl (C=O) groups is 1. The van der Waals surface area contributed by atoms with E-state index in [0.717, 1.165) is 48.6 Å². The van der Waals surface area contributed by atoms with Crippen molar-refractivity contribution in [3.8, 4) is 0 Å². The molecule has 1 fully saturated rings. The summed E-state index contributed by atoms with van der Waals surface area (Å²) in [7, 11) is 0. The Bertz CT molecular complexity index is 508. The van der Waals surface area contributed by atoms with E-state index in [9.17, 15) is 4.79 Å². The van der Waals surface area contributed by atoms with Gasteiger partial charge in [-0.15, -0.1) is 0 Å². The van der Waals surface area contributed by atoms with Crippen LogP contribution in [0.15, 0.2) is 12.1 Å². The van der Waals surface area contributed by atoms with Gasteiger partial charge in [-0.25, -0.2) is 0 Å². The van der Waals surface area contributed by atoms with Gasteiger partial charge in [-0.2, -0.15) is 0 Å². The number of fused-ring (bicyclic) bond motifs is 1. The first-order valence-corrected chi connectivity index (χ1v) is 6.75. The van der Waals surface area contributed by atoms with Gasteiger partial charge in [0, 0.05) is 25.4 Å². The monoisotopic (exact) mass is 261 g/mol. The lowest BCUT2D eigenvalue weighted by Crippen LogP contribution is -2.35. The van der Waals surface area contributed by atoms with Gasteiger partial charge >= 0.3 is 0 Å². The second-order valence-electron chi connectivity index (χ2n) is 5.41. The minimum absolute atomic E-state index is 0.0329. The summed E-state index contributed by atoms with van der Waals surface area (Å²) < 4.78 is 0. The minimum atomic E-state index is 0.0329. The van der Waals surface area contributed by atoms with E-state index >= 15 is 0 Å². The molecule has 0 atom stereocenters. The second kappa shape index (κ2) is 4.74. The van der Waals surface area contributed by atoms with Crippen molar-refractivity contribution in [2.45, 2.75) is 19.3 Å². The molecule has 0 unspecified atom stereocenters.